The van der Waals surface area contributed by atoms with Gasteiger partial charge in [-0.25, -0.2) is 4.98 Å². The van der Waals surface area contributed by atoms with E-state index in [2.05, 4.69) is 11.9 Å². The molecule has 0 aliphatic rings. The van der Waals surface area contributed by atoms with Crippen LogP contribution in [0.2, 0.25) is 5.02 Å². The van der Waals surface area contributed by atoms with Crippen LogP contribution >= 0.6 is 11.6 Å². The van der Waals surface area contributed by atoms with Gasteiger partial charge in [-0.05, 0) is 31.0 Å². The molecule has 0 atom stereocenters. The molecule has 3 nitrogen and oxygen atoms in total. The molecule has 0 aliphatic heterocycles. The molecule has 0 spiro atoms. The zero-order valence-corrected chi connectivity index (χ0v) is 11.9. The van der Waals surface area contributed by atoms with Crippen molar-refractivity contribution < 1.29 is 4.79 Å². The highest BCUT2D eigenvalue weighted by Crippen LogP contribution is 2.17. The van der Waals surface area contributed by atoms with Crippen LogP contribution < -0.4 is 0 Å². The fourth-order valence-corrected chi connectivity index (χ4v) is 2.26. The average molecular weight is 277 g/mol. The van der Waals surface area contributed by atoms with Crippen LogP contribution in [0.5, 0.6) is 0 Å². The minimum atomic E-state index is 0.0588. The Kier molecular flexibility index (Phi) is 4.38. The lowest BCUT2D eigenvalue weighted by Crippen LogP contribution is -2.11. The molecule has 0 aliphatic carbocycles. The number of benzene rings is 1. The zero-order valence-electron chi connectivity index (χ0n) is 11.2. The second-order valence-corrected chi connectivity index (χ2v) is 5.03. The van der Waals surface area contributed by atoms with Crippen molar-refractivity contribution >= 4 is 17.4 Å². The van der Waals surface area contributed by atoms with Crippen LogP contribution in [0, 0.1) is 6.92 Å². The maximum atomic E-state index is 12.3. The molecular formula is C15H17ClN2O. The molecule has 0 saturated heterocycles. The second-order valence-electron chi connectivity index (χ2n) is 4.60. The maximum absolute atomic E-state index is 12.3. The Labute approximate surface area is 118 Å². The Morgan fingerprint density at radius 2 is 2.21 bits per heavy atom. The maximum Gasteiger partial charge on any atom is 0.170 e. The first-order valence-corrected chi connectivity index (χ1v) is 6.79. The van der Waals surface area contributed by atoms with Crippen molar-refractivity contribution in [2.75, 3.05) is 0 Å². The first-order chi connectivity index (χ1) is 9.11. The average Bonchev–Trinajstić information content (AvgIpc) is 2.80. The molecule has 0 amide bonds. The van der Waals surface area contributed by atoms with Crippen molar-refractivity contribution in [2.24, 2.45) is 0 Å². The number of hydrogen-bond acceptors (Lipinski definition) is 2. The molecule has 1 aromatic heterocycles. The molecule has 0 N–H and O–H groups in total. The molecule has 4 heteroatoms. The molecule has 1 aromatic carbocycles. The Hall–Kier alpha value is -1.61. The van der Waals surface area contributed by atoms with Gasteiger partial charge in [0.1, 0.15) is 5.82 Å². The molecular weight excluding hydrogens is 260 g/mol. The lowest BCUT2D eigenvalue weighted by atomic mass is 10.0. The standard InChI is InChI=1S/C15H17ClN2O/c1-3-7-18-8-6-17-15(18)10-14(19)13-9-12(16)5-4-11(13)2/h4-6,8-9H,3,7,10H2,1-2H3. The number of carbonyl (C=O) groups excluding carboxylic acids is 1. The number of rotatable bonds is 5. The monoisotopic (exact) mass is 276 g/mol. The van der Waals surface area contributed by atoms with Gasteiger partial charge in [-0.3, -0.25) is 4.79 Å². The molecule has 0 saturated carbocycles. The van der Waals surface area contributed by atoms with Gasteiger partial charge in [-0.2, -0.15) is 0 Å². The third-order valence-electron chi connectivity index (χ3n) is 3.08. The highest BCUT2D eigenvalue weighted by Gasteiger charge is 2.13. The van der Waals surface area contributed by atoms with E-state index in [9.17, 15) is 4.79 Å². The fourth-order valence-electron chi connectivity index (χ4n) is 2.09. The van der Waals surface area contributed by atoms with Gasteiger partial charge in [0, 0.05) is 29.5 Å². The molecule has 0 bridgehead atoms. The number of ketones is 1. The van der Waals surface area contributed by atoms with Crippen molar-refractivity contribution in [1.29, 1.82) is 0 Å². The van der Waals surface area contributed by atoms with E-state index in [0.717, 1.165) is 24.4 Å². The summed E-state index contributed by atoms with van der Waals surface area (Å²) >= 11 is 5.95. The fraction of sp³-hybridized carbons (Fsp3) is 0.333. The number of Topliss-reactive ketones (excluding diaryl/α,β-unsaturated/α-hetero) is 1. The summed E-state index contributed by atoms with van der Waals surface area (Å²) in [5.74, 6) is 0.870. The molecule has 0 fully saturated rings. The van der Waals surface area contributed by atoms with Gasteiger partial charge >= 0.3 is 0 Å². The van der Waals surface area contributed by atoms with Gasteiger partial charge in [-0.1, -0.05) is 24.6 Å². The molecule has 2 aromatic rings. The van der Waals surface area contributed by atoms with Crippen molar-refractivity contribution in [3.8, 4) is 0 Å². The number of halogens is 1. The van der Waals surface area contributed by atoms with Crippen molar-refractivity contribution in [2.45, 2.75) is 33.2 Å². The minimum Gasteiger partial charge on any atom is -0.335 e. The minimum absolute atomic E-state index is 0.0588. The molecule has 100 valence electrons. The summed E-state index contributed by atoms with van der Waals surface area (Å²) in [6.45, 7) is 4.91. The van der Waals surface area contributed by atoms with E-state index in [1.807, 2.05) is 23.8 Å². The van der Waals surface area contributed by atoms with Gasteiger partial charge in [0.15, 0.2) is 5.78 Å². The van der Waals surface area contributed by atoms with E-state index < -0.39 is 0 Å². The van der Waals surface area contributed by atoms with Crippen molar-refractivity contribution in [1.82, 2.24) is 9.55 Å². The summed E-state index contributed by atoms with van der Waals surface area (Å²) in [4.78, 5) is 16.6. The van der Waals surface area contributed by atoms with E-state index in [1.165, 1.54) is 0 Å². The molecule has 2 rings (SSSR count). The SMILES string of the molecule is CCCn1ccnc1CC(=O)c1cc(Cl)ccc1C. The van der Waals surface area contributed by atoms with Crippen molar-refractivity contribution in [3.05, 3.63) is 52.6 Å². The van der Waals surface area contributed by atoms with E-state index in [0.29, 0.717) is 17.0 Å². The number of hydrogen-bond donors (Lipinski definition) is 0. The summed E-state index contributed by atoms with van der Waals surface area (Å²) in [6, 6.07) is 5.39. The highest BCUT2D eigenvalue weighted by molar-refractivity contribution is 6.31. The Bertz CT molecular complexity index is 590. The van der Waals surface area contributed by atoms with Gasteiger partial charge < -0.3 is 4.57 Å². The van der Waals surface area contributed by atoms with Gasteiger partial charge in [0.25, 0.3) is 0 Å². The first kappa shape index (κ1) is 13.8. The first-order valence-electron chi connectivity index (χ1n) is 6.41. The Morgan fingerprint density at radius 3 is 2.95 bits per heavy atom. The summed E-state index contributed by atoms with van der Waals surface area (Å²) < 4.78 is 2.03. The Balaban J connectivity index is 2.21. The highest BCUT2D eigenvalue weighted by atomic mass is 35.5. The third kappa shape index (κ3) is 3.24. The summed E-state index contributed by atoms with van der Waals surface area (Å²) in [6.07, 6.45) is 4.99. The van der Waals surface area contributed by atoms with Crippen LogP contribution in [0.4, 0.5) is 0 Å². The number of carbonyl (C=O) groups is 1. The number of imidazole rings is 1. The van der Waals surface area contributed by atoms with Crippen LogP contribution in [0.25, 0.3) is 0 Å². The smallest absolute Gasteiger partial charge is 0.170 e. The van der Waals surface area contributed by atoms with Crippen LogP contribution in [0.3, 0.4) is 0 Å². The molecule has 19 heavy (non-hydrogen) atoms. The van der Waals surface area contributed by atoms with E-state index in [4.69, 9.17) is 11.6 Å². The van der Waals surface area contributed by atoms with Gasteiger partial charge in [-0.15, -0.1) is 0 Å². The largest absolute Gasteiger partial charge is 0.335 e. The predicted octanol–water partition coefficient (Wildman–Crippen LogP) is 3.68. The van der Waals surface area contributed by atoms with Crippen LogP contribution in [-0.2, 0) is 13.0 Å². The van der Waals surface area contributed by atoms with Crippen LogP contribution in [0.15, 0.2) is 30.6 Å². The quantitative estimate of drug-likeness (QED) is 0.781. The number of nitrogens with zero attached hydrogens (tertiary/aromatic N) is 2. The number of aryl methyl sites for hydroxylation is 2. The second kappa shape index (κ2) is 6.02. The van der Waals surface area contributed by atoms with E-state index in [1.54, 1.807) is 18.3 Å². The van der Waals surface area contributed by atoms with E-state index in [-0.39, 0.29) is 5.78 Å². The topological polar surface area (TPSA) is 34.9 Å². The predicted molar refractivity (Wildman–Crippen MR) is 76.7 cm³/mol. The Morgan fingerprint density at radius 1 is 1.42 bits per heavy atom. The summed E-state index contributed by atoms with van der Waals surface area (Å²) in [7, 11) is 0. The zero-order chi connectivity index (χ0) is 13.8. The normalized spacial score (nSPS) is 10.7. The summed E-state index contributed by atoms with van der Waals surface area (Å²) in [5, 5.41) is 0.589. The van der Waals surface area contributed by atoms with Gasteiger partial charge in [0.2, 0.25) is 0 Å². The lowest BCUT2D eigenvalue weighted by Gasteiger charge is -2.08. The third-order valence-corrected chi connectivity index (χ3v) is 3.32. The van der Waals surface area contributed by atoms with E-state index >= 15 is 0 Å². The molecule has 0 radical (unpaired) electrons. The van der Waals surface area contributed by atoms with Gasteiger partial charge in [0.05, 0.1) is 6.42 Å². The number of aromatic nitrogens is 2. The molecule has 0 unspecified atom stereocenters. The van der Waals surface area contributed by atoms with Crippen molar-refractivity contribution in [3.63, 3.8) is 0 Å². The van der Waals surface area contributed by atoms with Crippen LogP contribution in [-0.4, -0.2) is 15.3 Å². The summed E-state index contributed by atoms with van der Waals surface area (Å²) in [5.41, 5.74) is 1.63. The van der Waals surface area contributed by atoms with Crippen LogP contribution in [0.1, 0.15) is 35.1 Å². The lowest BCUT2D eigenvalue weighted by molar-refractivity contribution is 0.0989. The molecule has 1 heterocycles.